The van der Waals surface area contributed by atoms with Gasteiger partial charge in [-0.1, -0.05) is 11.6 Å². The number of carbonyl (C=O) groups is 1. The van der Waals surface area contributed by atoms with Crippen molar-refractivity contribution in [3.8, 4) is 0 Å². The summed E-state index contributed by atoms with van der Waals surface area (Å²) in [5.41, 5.74) is -0.925. The summed E-state index contributed by atoms with van der Waals surface area (Å²) in [6.07, 6.45) is -4.43. The Morgan fingerprint density at radius 3 is 2.76 bits per heavy atom. The van der Waals surface area contributed by atoms with Gasteiger partial charge in [0.2, 0.25) is 0 Å². The van der Waals surface area contributed by atoms with Gasteiger partial charge in [0.1, 0.15) is 17.8 Å². The van der Waals surface area contributed by atoms with Crippen LogP contribution in [0.3, 0.4) is 0 Å². The van der Waals surface area contributed by atoms with Gasteiger partial charge in [-0.25, -0.2) is 14.7 Å². The van der Waals surface area contributed by atoms with E-state index in [-0.39, 0.29) is 23.8 Å². The van der Waals surface area contributed by atoms with Crippen molar-refractivity contribution in [1.82, 2.24) is 0 Å². The average Bonchev–Trinajstić information content (AvgIpc) is 2.78. The van der Waals surface area contributed by atoms with Crippen LogP contribution in [0.5, 0.6) is 0 Å². The second-order valence-corrected chi connectivity index (χ2v) is 5.07. The first-order valence-corrected chi connectivity index (χ1v) is 6.42. The van der Waals surface area contributed by atoms with Crippen LogP contribution in [0.4, 0.5) is 19.0 Å². The fourth-order valence-electron chi connectivity index (χ4n) is 2.27. The molecule has 1 aliphatic heterocycles. The summed E-state index contributed by atoms with van der Waals surface area (Å²) in [6, 6.07) is -0.0256. The molecule has 0 unspecified atom stereocenters. The smallest absolute Gasteiger partial charge is 0.419 e. The molecule has 0 aliphatic carbocycles. The molecule has 1 aromatic heterocycles. The molecule has 116 valence electrons. The number of halogens is 4. The van der Waals surface area contributed by atoms with Crippen molar-refractivity contribution in [2.75, 3.05) is 18.6 Å². The van der Waals surface area contributed by atoms with Gasteiger partial charge in [0.25, 0.3) is 5.82 Å². The van der Waals surface area contributed by atoms with E-state index in [0.29, 0.717) is 0 Å². The van der Waals surface area contributed by atoms with E-state index in [1.807, 2.05) is 0 Å². The van der Waals surface area contributed by atoms with Crippen LogP contribution in [0.25, 0.3) is 0 Å². The van der Waals surface area contributed by atoms with Crippen LogP contribution in [0, 0.1) is 0 Å². The lowest BCUT2D eigenvalue weighted by Gasteiger charge is -2.17. The number of esters is 1. The van der Waals surface area contributed by atoms with Gasteiger partial charge in [-0.15, -0.1) is 0 Å². The number of alkyl halides is 3. The number of carbonyl (C=O) groups excluding carboxylic acids is 1. The maximum atomic E-state index is 12.6. The third-order valence-corrected chi connectivity index (χ3v) is 3.53. The average molecular weight is 326 g/mol. The molecule has 0 aromatic carbocycles. The molecule has 2 N–H and O–H groups in total. The lowest BCUT2D eigenvalue weighted by Crippen LogP contribution is -2.40. The minimum atomic E-state index is -4.52. The minimum Gasteiger partial charge on any atom is -0.466 e. The van der Waals surface area contributed by atoms with E-state index in [1.54, 1.807) is 0 Å². The zero-order valence-electron chi connectivity index (χ0n) is 10.9. The van der Waals surface area contributed by atoms with E-state index < -0.39 is 29.9 Å². The maximum Gasteiger partial charge on any atom is 0.419 e. The SMILES string of the molecule is COC(=O)[C@@H]1C[C@@H](O)CN1c1[nH+]cc(C(F)(F)F)cc1Cl. The molecule has 1 aliphatic rings. The van der Waals surface area contributed by atoms with E-state index in [0.717, 1.165) is 12.3 Å². The second kappa shape index (κ2) is 5.69. The van der Waals surface area contributed by atoms with Gasteiger partial charge < -0.3 is 9.84 Å². The summed E-state index contributed by atoms with van der Waals surface area (Å²) in [4.78, 5) is 15.5. The predicted molar refractivity (Wildman–Crippen MR) is 66.8 cm³/mol. The standard InChI is InChI=1S/C12H12ClF3N2O3/c1-21-11(20)9-3-7(19)5-18(9)10-8(13)2-6(4-17-10)12(14,15)16/h2,4,7,9,19H,3,5H2,1H3/p+1/t7-,9+/m1/s1. The monoisotopic (exact) mass is 325 g/mol. The van der Waals surface area contributed by atoms with E-state index in [1.165, 1.54) is 12.0 Å². The Kier molecular flexibility index (Phi) is 4.29. The molecule has 5 nitrogen and oxygen atoms in total. The largest absolute Gasteiger partial charge is 0.466 e. The molecule has 0 radical (unpaired) electrons. The van der Waals surface area contributed by atoms with E-state index in [2.05, 4.69) is 9.72 Å². The van der Waals surface area contributed by atoms with Gasteiger partial charge in [0.15, 0.2) is 6.04 Å². The number of nitrogens with one attached hydrogen (secondary N) is 1. The number of hydrogen-bond acceptors (Lipinski definition) is 4. The number of aliphatic hydroxyl groups excluding tert-OH is 1. The summed E-state index contributed by atoms with van der Waals surface area (Å²) < 4.78 is 42.4. The Labute approximate surface area is 123 Å². The quantitative estimate of drug-likeness (QED) is 0.832. The first-order chi connectivity index (χ1) is 9.74. The van der Waals surface area contributed by atoms with Gasteiger partial charge in [-0.2, -0.15) is 13.2 Å². The van der Waals surface area contributed by atoms with E-state index in [9.17, 15) is 23.1 Å². The molecule has 2 rings (SSSR count). The molecular formula is C12H13ClF3N2O3+. The fraction of sp³-hybridized carbons (Fsp3) is 0.500. The molecule has 0 amide bonds. The van der Waals surface area contributed by atoms with Crippen LogP contribution in [0.2, 0.25) is 5.02 Å². The number of aliphatic hydroxyl groups is 1. The molecule has 1 saturated heterocycles. The molecule has 21 heavy (non-hydrogen) atoms. The highest BCUT2D eigenvalue weighted by molar-refractivity contribution is 6.32. The topological polar surface area (TPSA) is 63.9 Å². The minimum absolute atomic E-state index is 0.0708. The predicted octanol–water partition coefficient (Wildman–Crippen LogP) is 1.29. The Morgan fingerprint density at radius 1 is 1.57 bits per heavy atom. The van der Waals surface area contributed by atoms with E-state index >= 15 is 0 Å². The van der Waals surface area contributed by atoms with Gasteiger partial charge in [0, 0.05) is 6.42 Å². The summed E-state index contributed by atoms with van der Waals surface area (Å²) in [7, 11) is 1.20. The van der Waals surface area contributed by atoms with Crippen molar-refractivity contribution in [3.05, 3.63) is 22.8 Å². The van der Waals surface area contributed by atoms with Gasteiger partial charge >= 0.3 is 12.1 Å². The molecule has 1 aromatic rings. The Bertz CT molecular complexity index is 553. The van der Waals surface area contributed by atoms with Crippen LogP contribution < -0.4 is 9.88 Å². The van der Waals surface area contributed by atoms with Crippen molar-refractivity contribution in [1.29, 1.82) is 0 Å². The van der Waals surface area contributed by atoms with Crippen molar-refractivity contribution >= 4 is 23.4 Å². The maximum absolute atomic E-state index is 12.6. The molecule has 1 fully saturated rings. The van der Waals surface area contributed by atoms with E-state index in [4.69, 9.17) is 11.6 Å². The van der Waals surface area contributed by atoms with Crippen molar-refractivity contribution in [3.63, 3.8) is 0 Å². The number of anilines is 1. The fourth-order valence-corrected chi connectivity index (χ4v) is 2.55. The number of H-pyrrole nitrogens is 1. The third kappa shape index (κ3) is 3.21. The van der Waals surface area contributed by atoms with Gasteiger partial charge in [0.05, 0.1) is 18.8 Å². The third-order valence-electron chi connectivity index (χ3n) is 3.24. The Hall–Kier alpha value is -1.54. The Balaban J connectivity index is 2.34. The zero-order valence-corrected chi connectivity index (χ0v) is 11.7. The van der Waals surface area contributed by atoms with Crippen LogP contribution in [-0.4, -0.2) is 36.9 Å². The van der Waals surface area contributed by atoms with Gasteiger partial charge in [-0.05, 0) is 6.07 Å². The summed E-state index contributed by atoms with van der Waals surface area (Å²) in [5, 5.41) is 9.48. The van der Waals surface area contributed by atoms with Crippen LogP contribution in [-0.2, 0) is 15.7 Å². The number of hydrogen-bond donors (Lipinski definition) is 1. The molecule has 0 saturated carbocycles. The molecular weight excluding hydrogens is 313 g/mol. The first kappa shape index (κ1) is 15.8. The summed E-state index contributed by atoms with van der Waals surface area (Å²) in [6.45, 7) is 0.0708. The molecule has 2 heterocycles. The number of β-amino-alcohol motifs (C(OH)–C–C–N with tert-alkyl or cyclic N) is 1. The van der Waals surface area contributed by atoms with Crippen molar-refractivity contribution < 1.29 is 32.8 Å². The van der Waals surface area contributed by atoms with Crippen LogP contribution >= 0.6 is 11.6 Å². The van der Waals surface area contributed by atoms with Gasteiger partial charge in [-0.3, -0.25) is 0 Å². The van der Waals surface area contributed by atoms with Crippen LogP contribution in [0.15, 0.2) is 12.3 Å². The number of aromatic amines is 1. The molecule has 2 atom stereocenters. The first-order valence-electron chi connectivity index (χ1n) is 6.05. The number of pyridine rings is 1. The van der Waals surface area contributed by atoms with Crippen molar-refractivity contribution in [2.45, 2.75) is 24.7 Å². The molecule has 0 spiro atoms. The molecule has 0 bridgehead atoms. The highest BCUT2D eigenvalue weighted by Gasteiger charge is 2.44. The van der Waals surface area contributed by atoms with Crippen LogP contribution in [0.1, 0.15) is 12.0 Å². The number of methoxy groups -OCH3 is 1. The number of rotatable bonds is 2. The summed E-state index contributed by atoms with van der Waals surface area (Å²) in [5.74, 6) is -0.451. The highest BCUT2D eigenvalue weighted by Crippen LogP contribution is 2.34. The number of ether oxygens (including phenoxy) is 1. The van der Waals surface area contributed by atoms with Crippen molar-refractivity contribution in [2.24, 2.45) is 0 Å². The molecule has 9 heteroatoms. The lowest BCUT2D eigenvalue weighted by atomic mass is 10.2. The summed E-state index contributed by atoms with van der Waals surface area (Å²) >= 11 is 5.87. The Morgan fingerprint density at radius 2 is 2.24 bits per heavy atom. The highest BCUT2D eigenvalue weighted by atomic mass is 35.5. The lowest BCUT2D eigenvalue weighted by molar-refractivity contribution is -0.367. The number of aromatic nitrogens is 1. The normalized spacial score (nSPS) is 22.5. The number of nitrogens with zero attached hydrogens (tertiary/aromatic N) is 1. The second-order valence-electron chi connectivity index (χ2n) is 4.66. The zero-order chi connectivity index (χ0) is 15.8.